The monoisotopic (exact) mass is 453 g/mol. The first kappa shape index (κ1) is 21.9. The van der Waals surface area contributed by atoms with Crippen LogP contribution < -0.4 is 0 Å². The normalized spacial score (nSPS) is 14.4. The summed E-state index contributed by atoms with van der Waals surface area (Å²) in [6.45, 7) is 2.26. The highest BCUT2D eigenvalue weighted by Crippen LogP contribution is 2.37. The predicted molar refractivity (Wildman–Crippen MR) is 133 cm³/mol. The molecule has 5 rings (SSSR count). The molecule has 0 aliphatic carbocycles. The third-order valence-electron chi connectivity index (χ3n) is 6.72. The van der Waals surface area contributed by atoms with E-state index in [1.165, 1.54) is 0 Å². The number of amides is 1. The van der Waals surface area contributed by atoms with Gasteiger partial charge in [-0.25, -0.2) is 0 Å². The molecule has 0 unspecified atom stereocenters. The molecule has 6 nitrogen and oxygen atoms in total. The van der Waals surface area contributed by atoms with Crippen LogP contribution in [0.15, 0.2) is 85.1 Å². The first-order chi connectivity index (χ1) is 16.6. The summed E-state index contributed by atoms with van der Waals surface area (Å²) in [5.74, 6) is -0.0448. The van der Waals surface area contributed by atoms with Crippen LogP contribution >= 0.6 is 0 Å². The van der Waals surface area contributed by atoms with Gasteiger partial charge in [-0.15, -0.1) is 0 Å². The van der Waals surface area contributed by atoms with Gasteiger partial charge in [0.1, 0.15) is 0 Å². The second kappa shape index (κ2) is 9.51. The molecule has 172 valence electrons. The van der Waals surface area contributed by atoms with Gasteiger partial charge in [0.15, 0.2) is 0 Å². The molecular weight excluding hydrogens is 426 g/mol. The van der Waals surface area contributed by atoms with Crippen LogP contribution in [-0.2, 0) is 11.3 Å². The van der Waals surface area contributed by atoms with Crippen LogP contribution in [0.25, 0.3) is 10.9 Å². The van der Waals surface area contributed by atoms with Crippen LogP contribution in [0.4, 0.5) is 5.69 Å². The molecule has 6 heteroatoms. The lowest BCUT2D eigenvalue weighted by atomic mass is 9.87. The van der Waals surface area contributed by atoms with Gasteiger partial charge in [-0.3, -0.25) is 14.9 Å². The summed E-state index contributed by atoms with van der Waals surface area (Å²) in [5, 5.41) is 12.4. The van der Waals surface area contributed by atoms with Crippen LogP contribution in [0.1, 0.15) is 41.9 Å². The van der Waals surface area contributed by atoms with E-state index in [2.05, 4.69) is 22.9 Å². The Hall–Kier alpha value is -3.93. The van der Waals surface area contributed by atoms with E-state index in [0.717, 1.165) is 53.5 Å². The lowest BCUT2D eigenvalue weighted by Gasteiger charge is -2.21. The quantitative estimate of drug-likeness (QED) is 0.265. The van der Waals surface area contributed by atoms with E-state index in [4.69, 9.17) is 0 Å². The molecule has 0 radical (unpaired) electrons. The first-order valence-corrected chi connectivity index (χ1v) is 11.7. The van der Waals surface area contributed by atoms with Crippen molar-refractivity contribution in [2.75, 3.05) is 13.1 Å². The molecule has 1 aromatic heterocycles. The van der Waals surface area contributed by atoms with E-state index >= 15 is 0 Å². The maximum absolute atomic E-state index is 13.2. The molecule has 0 spiro atoms. The van der Waals surface area contributed by atoms with Gasteiger partial charge in [0.2, 0.25) is 5.91 Å². The zero-order valence-electron chi connectivity index (χ0n) is 19.0. The van der Waals surface area contributed by atoms with Gasteiger partial charge in [-0.2, -0.15) is 0 Å². The number of likely N-dealkylation sites (tertiary alicyclic amines) is 1. The molecule has 3 aromatic carbocycles. The van der Waals surface area contributed by atoms with Gasteiger partial charge < -0.3 is 9.47 Å². The molecule has 0 bridgehead atoms. The molecule has 1 fully saturated rings. The predicted octanol–water partition coefficient (Wildman–Crippen LogP) is 5.74. The standard InChI is InChI=1S/C28H27N3O3/c32-28(29-15-7-8-16-29)18-24(22-11-5-2-6-12-22)26-20-30(19-21-9-3-1-4-10-21)27-14-13-23(31(33)34)17-25(26)27/h1-6,9-14,17,20,24H,7-8,15-16,18-19H2/t24-/m1/s1. The van der Waals surface area contributed by atoms with Gasteiger partial charge in [-0.05, 0) is 35.6 Å². The van der Waals surface area contributed by atoms with Crippen molar-refractivity contribution in [3.05, 3.63) is 112 Å². The molecule has 1 aliphatic heterocycles. The lowest BCUT2D eigenvalue weighted by molar-refractivity contribution is -0.384. The van der Waals surface area contributed by atoms with Crippen molar-refractivity contribution in [1.29, 1.82) is 0 Å². The fraction of sp³-hybridized carbons (Fsp3) is 0.250. The van der Waals surface area contributed by atoms with Gasteiger partial charge >= 0.3 is 0 Å². The highest BCUT2D eigenvalue weighted by Gasteiger charge is 2.27. The number of nitro groups is 1. The molecule has 1 amide bonds. The van der Waals surface area contributed by atoms with E-state index in [1.807, 2.05) is 59.5 Å². The summed E-state index contributed by atoms with van der Waals surface area (Å²) in [7, 11) is 0. The minimum absolute atomic E-state index is 0.0592. The number of aromatic nitrogens is 1. The molecule has 0 saturated carbocycles. The molecule has 1 saturated heterocycles. The number of nitrogens with zero attached hydrogens (tertiary/aromatic N) is 3. The topological polar surface area (TPSA) is 68.4 Å². The van der Waals surface area contributed by atoms with E-state index in [9.17, 15) is 14.9 Å². The Bertz CT molecular complexity index is 1310. The van der Waals surface area contributed by atoms with E-state index in [0.29, 0.717) is 13.0 Å². The highest BCUT2D eigenvalue weighted by molar-refractivity contribution is 5.88. The maximum Gasteiger partial charge on any atom is 0.270 e. The van der Waals surface area contributed by atoms with Crippen molar-refractivity contribution in [1.82, 2.24) is 9.47 Å². The molecule has 1 aliphatic rings. The van der Waals surface area contributed by atoms with Gasteiger partial charge in [0, 0.05) is 61.2 Å². The largest absolute Gasteiger partial charge is 0.343 e. The summed E-state index contributed by atoms with van der Waals surface area (Å²) in [6, 6.07) is 25.2. The lowest BCUT2D eigenvalue weighted by Crippen LogP contribution is -2.29. The Morgan fingerprint density at radius 3 is 2.29 bits per heavy atom. The molecule has 4 aromatic rings. The van der Waals surface area contributed by atoms with Crippen LogP contribution in [0.2, 0.25) is 0 Å². The van der Waals surface area contributed by atoms with E-state index in [-0.39, 0.29) is 22.4 Å². The van der Waals surface area contributed by atoms with Crippen molar-refractivity contribution >= 4 is 22.5 Å². The summed E-state index contributed by atoms with van der Waals surface area (Å²) >= 11 is 0. The average molecular weight is 454 g/mol. The fourth-order valence-corrected chi connectivity index (χ4v) is 4.98. The number of hydrogen-bond acceptors (Lipinski definition) is 3. The number of hydrogen-bond donors (Lipinski definition) is 0. The Labute approximate surface area is 198 Å². The number of rotatable bonds is 7. The van der Waals surface area contributed by atoms with Crippen molar-refractivity contribution in [2.45, 2.75) is 31.7 Å². The SMILES string of the molecule is O=C(C[C@H](c1ccccc1)c1cn(Cc2ccccc2)c2ccc([N+](=O)[O-])cc12)N1CCCC1. The number of fused-ring (bicyclic) bond motifs is 1. The van der Waals surface area contributed by atoms with Crippen LogP contribution in [0, 0.1) is 10.1 Å². The number of nitro benzene ring substituents is 1. The highest BCUT2D eigenvalue weighted by atomic mass is 16.6. The van der Waals surface area contributed by atoms with Crippen molar-refractivity contribution in [3.63, 3.8) is 0 Å². The fourth-order valence-electron chi connectivity index (χ4n) is 4.98. The minimum atomic E-state index is -0.356. The first-order valence-electron chi connectivity index (χ1n) is 11.7. The second-order valence-corrected chi connectivity index (χ2v) is 8.91. The zero-order valence-corrected chi connectivity index (χ0v) is 19.0. The Morgan fingerprint density at radius 1 is 0.941 bits per heavy atom. The van der Waals surface area contributed by atoms with E-state index in [1.54, 1.807) is 12.1 Å². The minimum Gasteiger partial charge on any atom is -0.343 e. The van der Waals surface area contributed by atoms with Crippen molar-refractivity contribution < 1.29 is 9.72 Å². The number of carbonyl (C=O) groups excluding carboxylic acids is 1. The Balaban J connectivity index is 1.63. The van der Waals surface area contributed by atoms with Gasteiger partial charge in [0.05, 0.1) is 4.92 Å². The zero-order chi connectivity index (χ0) is 23.5. The number of carbonyl (C=O) groups is 1. The average Bonchev–Trinajstić information content (AvgIpc) is 3.52. The Kier molecular flexibility index (Phi) is 6.12. The van der Waals surface area contributed by atoms with Crippen LogP contribution in [-0.4, -0.2) is 33.4 Å². The molecule has 0 N–H and O–H groups in total. The molecule has 34 heavy (non-hydrogen) atoms. The summed E-state index contributed by atoms with van der Waals surface area (Å²) in [6.07, 6.45) is 4.52. The summed E-state index contributed by atoms with van der Waals surface area (Å²) in [4.78, 5) is 26.4. The third-order valence-corrected chi connectivity index (χ3v) is 6.72. The summed E-state index contributed by atoms with van der Waals surface area (Å²) < 4.78 is 2.14. The van der Waals surface area contributed by atoms with Gasteiger partial charge in [-0.1, -0.05) is 60.7 Å². The van der Waals surface area contributed by atoms with Crippen molar-refractivity contribution in [2.24, 2.45) is 0 Å². The molecular formula is C28H27N3O3. The number of benzene rings is 3. The smallest absolute Gasteiger partial charge is 0.270 e. The maximum atomic E-state index is 13.2. The van der Waals surface area contributed by atoms with Gasteiger partial charge in [0.25, 0.3) is 5.69 Å². The van der Waals surface area contributed by atoms with Crippen molar-refractivity contribution in [3.8, 4) is 0 Å². The van der Waals surface area contributed by atoms with Crippen LogP contribution in [0.5, 0.6) is 0 Å². The van der Waals surface area contributed by atoms with Crippen LogP contribution in [0.3, 0.4) is 0 Å². The Morgan fingerprint density at radius 2 is 1.62 bits per heavy atom. The van der Waals surface area contributed by atoms with E-state index < -0.39 is 0 Å². The summed E-state index contributed by atoms with van der Waals surface area (Å²) in [5.41, 5.74) is 4.13. The third kappa shape index (κ3) is 4.44. The molecule has 2 heterocycles. The molecule has 1 atom stereocenters. The second-order valence-electron chi connectivity index (χ2n) is 8.91. The number of non-ortho nitro benzene ring substituents is 1.